The Labute approximate surface area is 83.2 Å². The molecule has 0 fully saturated rings. The highest BCUT2D eigenvalue weighted by molar-refractivity contribution is 7.19. The van der Waals surface area contributed by atoms with Crippen LogP contribution in [0, 0.1) is 27.7 Å². The molecule has 13 heavy (non-hydrogen) atoms. The van der Waals surface area contributed by atoms with Crippen molar-refractivity contribution < 1.29 is 0 Å². The number of hydrogen-bond donors (Lipinski definition) is 0. The molecule has 1 heteroatoms. The smallest absolute Gasteiger partial charge is 0.0380 e. The average molecular weight is 190 g/mol. The second-order valence-electron chi connectivity index (χ2n) is 3.69. The van der Waals surface area contributed by atoms with Gasteiger partial charge >= 0.3 is 0 Å². The summed E-state index contributed by atoms with van der Waals surface area (Å²) in [6.45, 7) is 8.82. The third-order valence-corrected chi connectivity index (χ3v) is 4.06. The van der Waals surface area contributed by atoms with Gasteiger partial charge in [0.1, 0.15) is 0 Å². The number of hydrogen-bond acceptors (Lipinski definition) is 1. The maximum absolute atomic E-state index is 2.22. The van der Waals surface area contributed by atoms with Crippen molar-refractivity contribution in [2.45, 2.75) is 27.7 Å². The molecule has 2 rings (SSSR count). The number of rotatable bonds is 0. The van der Waals surface area contributed by atoms with Crippen molar-refractivity contribution in [3.8, 4) is 0 Å². The lowest BCUT2D eigenvalue weighted by atomic mass is 10.0. The van der Waals surface area contributed by atoms with Gasteiger partial charge in [0.05, 0.1) is 0 Å². The zero-order valence-electron chi connectivity index (χ0n) is 8.56. The molecule has 0 aliphatic heterocycles. The number of fused-ring (bicyclic) bond motifs is 1. The van der Waals surface area contributed by atoms with Gasteiger partial charge in [-0.3, -0.25) is 0 Å². The van der Waals surface area contributed by atoms with Crippen LogP contribution in [0.5, 0.6) is 0 Å². The summed E-state index contributed by atoms with van der Waals surface area (Å²) in [5.41, 5.74) is 4.27. The van der Waals surface area contributed by atoms with E-state index in [1.807, 2.05) is 11.3 Å². The summed E-state index contributed by atoms with van der Waals surface area (Å²) in [6, 6.07) is 4.43. The van der Waals surface area contributed by atoms with Crippen molar-refractivity contribution in [3.05, 3.63) is 33.7 Å². The Morgan fingerprint density at radius 1 is 0.923 bits per heavy atom. The van der Waals surface area contributed by atoms with Gasteiger partial charge in [-0.15, -0.1) is 11.3 Å². The Morgan fingerprint density at radius 2 is 1.54 bits per heavy atom. The molecule has 1 heterocycles. The van der Waals surface area contributed by atoms with Crippen molar-refractivity contribution in [2.24, 2.45) is 0 Å². The molecule has 0 aliphatic carbocycles. The summed E-state index contributed by atoms with van der Waals surface area (Å²) in [4.78, 5) is 1.45. The van der Waals surface area contributed by atoms with Gasteiger partial charge in [-0.05, 0) is 49.8 Å². The van der Waals surface area contributed by atoms with Gasteiger partial charge in [0.25, 0.3) is 0 Å². The van der Waals surface area contributed by atoms with E-state index >= 15 is 0 Å². The van der Waals surface area contributed by atoms with Crippen LogP contribution >= 0.6 is 11.3 Å². The molecule has 0 aliphatic rings. The zero-order valence-corrected chi connectivity index (χ0v) is 9.38. The minimum atomic E-state index is 1.40. The highest BCUT2D eigenvalue weighted by Gasteiger charge is 2.08. The highest BCUT2D eigenvalue weighted by Crippen LogP contribution is 2.34. The van der Waals surface area contributed by atoms with Crippen LogP contribution in [0.2, 0.25) is 0 Å². The molecule has 0 nitrogen and oxygen atoms in total. The molecule has 0 saturated heterocycles. The predicted octanol–water partition coefficient (Wildman–Crippen LogP) is 4.13. The molecule has 68 valence electrons. The van der Waals surface area contributed by atoms with E-state index < -0.39 is 0 Å². The fourth-order valence-electron chi connectivity index (χ4n) is 1.79. The van der Waals surface area contributed by atoms with E-state index in [4.69, 9.17) is 0 Å². The quantitative estimate of drug-likeness (QED) is 0.586. The summed E-state index contributed by atoms with van der Waals surface area (Å²) < 4.78 is 1.47. The summed E-state index contributed by atoms with van der Waals surface area (Å²) in [6.07, 6.45) is 0. The lowest BCUT2D eigenvalue weighted by Crippen LogP contribution is -1.79. The molecule has 0 bridgehead atoms. The third kappa shape index (κ3) is 1.19. The molecule has 1 aromatic carbocycles. The van der Waals surface area contributed by atoms with Gasteiger partial charge in [0.2, 0.25) is 0 Å². The summed E-state index contributed by atoms with van der Waals surface area (Å²) >= 11 is 1.92. The van der Waals surface area contributed by atoms with Gasteiger partial charge in [0.15, 0.2) is 0 Å². The van der Waals surface area contributed by atoms with E-state index in [9.17, 15) is 0 Å². The van der Waals surface area contributed by atoms with Crippen LogP contribution < -0.4 is 0 Å². The van der Waals surface area contributed by atoms with Gasteiger partial charge in [0, 0.05) is 9.58 Å². The molecule has 0 N–H and O–H groups in total. The van der Waals surface area contributed by atoms with Crippen LogP contribution in [0.25, 0.3) is 10.1 Å². The molecule has 0 atom stereocenters. The van der Waals surface area contributed by atoms with E-state index in [-0.39, 0.29) is 0 Å². The first-order chi connectivity index (χ1) is 6.11. The first kappa shape index (κ1) is 8.76. The fourth-order valence-corrected chi connectivity index (χ4v) is 3.00. The van der Waals surface area contributed by atoms with Crippen molar-refractivity contribution in [3.63, 3.8) is 0 Å². The fraction of sp³-hybridized carbons (Fsp3) is 0.333. The Morgan fingerprint density at radius 3 is 2.15 bits per heavy atom. The molecule has 1 aromatic heterocycles. The number of thiophene rings is 1. The molecular weight excluding hydrogens is 176 g/mol. The molecule has 0 spiro atoms. The minimum Gasteiger partial charge on any atom is -0.140 e. The zero-order chi connectivity index (χ0) is 9.59. The Bertz CT molecular complexity index is 463. The van der Waals surface area contributed by atoms with Crippen molar-refractivity contribution in [1.82, 2.24) is 0 Å². The van der Waals surface area contributed by atoms with Crippen LogP contribution in [-0.4, -0.2) is 0 Å². The highest BCUT2D eigenvalue weighted by atomic mass is 32.1. The normalized spacial score (nSPS) is 11.1. The number of aryl methyl sites for hydroxylation is 4. The number of benzene rings is 1. The van der Waals surface area contributed by atoms with Crippen molar-refractivity contribution >= 4 is 21.4 Å². The molecule has 0 amide bonds. The predicted molar refractivity (Wildman–Crippen MR) is 60.8 cm³/mol. The molecule has 0 radical (unpaired) electrons. The van der Waals surface area contributed by atoms with Crippen LogP contribution in [0.4, 0.5) is 0 Å². The van der Waals surface area contributed by atoms with Gasteiger partial charge < -0.3 is 0 Å². The van der Waals surface area contributed by atoms with Gasteiger partial charge in [-0.25, -0.2) is 0 Å². The summed E-state index contributed by atoms with van der Waals surface area (Å²) in [5, 5.41) is 1.47. The SMILES string of the molecule is Cc1sc2c(C)ccc(C)c2c1C. The van der Waals surface area contributed by atoms with E-state index in [2.05, 4.69) is 39.8 Å². The van der Waals surface area contributed by atoms with Crippen LogP contribution in [-0.2, 0) is 0 Å². The molecule has 0 saturated carbocycles. The Hall–Kier alpha value is -0.820. The summed E-state index contributed by atoms with van der Waals surface area (Å²) in [7, 11) is 0. The summed E-state index contributed by atoms with van der Waals surface area (Å²) in [5.74, 6) is 0. The van der Waals surface area contributed by atoms with E-state index in [1.54, 1.807) is 0 Å². The van der Waals surface area contributed by atoms with Crippen LogP contribution in [0.15, 0.2) is 12.1 Å². The minimum absolute atomic E-state index is 1.40. The second kappa shape index (κ2) is 2.85. The van der Waals surface area contributed by atoms with Gasteiger partial charge in [-0.2, -0.15) is 0 Å². The lowest BCUT2D eigenvalue weighted by Gasteiger charge is -2.00. The monoisotopic (exact) mass is 190 g/mol. The standard InChI is InChI=1S/C12H14S/c1-7-5-6-8(2)12-11(7)9(3)10(4)13-12/h5-6H,1-4H3. The van der Waals surface area contributed by atoms with Crippen LogP contribution in [0.3, 0.4) is 0 Å². The topological polar surface area (TPSA) is 0 Å². The third-order valence-electron chi connectivity index (χ3n) is 2.72. The molecule has 0 unspecified atom stereocenters. The van der Waals surface area contributed by atoms with E-state index in [1.165, 1.54) is 31.7 Å². The second-order valence-corrected chi connectivity index (χ2v) is 4.91. The maximum atomic E-state index is 2.22. The average Bonchev–Trinajstić information content (AvgIpc) is 2.38. The van der Waals surface area contributed by atoms with Crippen molar-refractivity contribution in [1.29, 1.82) is 0 Å². The van der Waals surface area contributed by atoms with Crippen LogP contribution in [0.1, 0.15) is 21.6 Å². The maximum Gasteiger partial charge on any atom is 0.0380 e. The Balaban J connectivity index is 3.00. The first-order valence-corrected chi connectivity index (χ1v) is 5.39. The largest absolute Gasteiger partial charge is 0.140 e. The van der Waals surface area contributed by atoms with E-state index in [0.29, 0.717) is 0 Å². The molecule has 2 aromatic rings. The first-order valence-electron chi connectivity index (χ1n) is 4.57. The Kier molecular flexibility index (Phi) is 1.92. The van der Waals surface area contributed by atoms with E-state index in [0.717, 1.165) is 0 Å². The lowest BCUT2D eigenvalue weighted by molar-refractivity contribution is 1.42. The van der Waals surface area contributed by atoms with Crippen molar-refractivity contribution in [2.75, 3.05) is 0 Å². The van der Waals surface area contributed by atoms with Gasteiger partial charge in [-0.1, -0.05) is 12.1 Å². The molecular formula is C12H14S.